The van der Waals surface area contributed by atoms with Gasteiger partial charge in [0, 0.05) is 43.1 Å². The van der Waals surface area contributed by atoms with Crippen molar-refractivity contribution in [3.8, 4) is 11.3 Å². The first-order chi connectivity index (χ1) is 16.4. The van der Waals surface area contributed by atoms with Crippen molar-refractivity contribution < 1.29 is 9.18 Å². The molecule has 7 heteroatoms. The second-order valence-corrected chi connectivity index (χ2v) is 8.80. The molecule has 178 valence electrons. The molecule has 0 saturated carbocycles. The van der Waals surface area contributed by atoms with Crippen LogP contribution in [-0.2, 0) is 0 Å². The van der Waals surface area contributed by atoms with Crippen molar-refractivity contribution in [1.29, 1.82) is 0 Å². The molecule has 1 fully saturated rings. The minimum absolute atomic E-state index is 0.0257. The van der Waals surface area contributed by atoms with E-state index in [1.807, 2.05) is 38.1 Å². The van der Waals surface area contributed by atoms with E-state index in [4.69, 9.17) is 0 Å². The molecule has 1 aliphatic heterocycles. The van der Waals surface area contributed by atoms with Crippen molar-refractivity contribution in [2.75, 3.05) is 37.6 Å². The van der Waals surface area contributed by atoms with Gasteiger partial charge in [0.25, 0.3) is 11.5 Å². The van der Waals surface area contributed by atoms with Crippen LogP contribution in [0.5, 0.6) is 0 Å². The number of halogens is 1. The molecular weight excluding hydrogens is 431 g/mol. The Morgan fingerprint density at radius 1 is 1.09 bits per heavy atom. The van der Waals surface area contributed by atoms with Gasteiger partial charge in [-0.25, -0.2) is 4.39 Å². The van der Waals surface area contributed by atoms with Gasteiger partial charge in [-0.2, -0.15) is 0 Å². The van der Waals surface area contributed by atoms with Crippen molar-refractivity contribution in [1.82, 2.24) is 15.2 Å². The number of hydrogen-bond acceptors (Lipinski definition) is 4. The maximum Gasteiger partial charge on any atom is 0.261 e. The number of aryl methyl sites for hydroxylation is 1. The quantitative estimate of drug-likeness (QED) is 0.578. The number of anilines is 1. The molecule has 1 aromatic heterocycles. The molecule has 2 N–H and O–H groups in total. The van der Waals surface area contributed by atoms with Gasteiger partial charge in [0.2, 0.25) is 0 Å². The van der Waals surface area contributed by atoms with Crippen molar-refractivity contribution in [2.24, 2.45) is 0 Å². The highest BCUT2D eigenvalue weighted by molar-refractivity contribution is 5.94. The predicted molar refractivity (Wildman–Crippen MR) is 134 cm³/mol. The van der Waals surface area contributed by atoms with Gasteiger partial charge in [-0.3, -0.25) is 9.59 Å². The number of amides is 1. The van der Waals surface area contributed by atoms with Crippen LogP contribution in [-0.4, -0.2) is 48.5 Å². The van der Waals surface area contributed by atoms with Crippen molar-refractivity contribution >= 4 is 11.6 Å². The smallest absolute Gasteiger partial charge is 0.261 e. The van der Waals surface area contributed by atoms with E-state index in [-0.39, 0.29) is 11.4 Å². The third-order valence-corrected chi connectivity index (χ3v) is 6.45. The average Bonchev–Trinajstić information content (AvgIpc) is 2.84. The summed E-state index contributed by atoms with van der Waals surface area (Å²) in [7, 11) is 0. The monoisotopic (exact) mass is 462 g/mol. The van der Waals surface area contributed by atoms with E-state index in [1.54, 1.807) is 12.1 Å². The third kappa shape index (κ3) is 5.20. The summed E-state index contributed by atoms with van der Waals surface area (Å²) in [6.07, 6.45) is 0. The number of carbonyl (C=O) groups excluding carboxylic acids is 1. The zero-order valence-corrected chi connectivity index (χ0v) is 19.9. The van der Waals surface area contributed by atoms with Crippen molar-refractivity contribution in [3.05, 3.63) is 87.5 Å². The minimum atomic E-state index is -0.490. The maximum atomic E-state index is 14.2. The molecule has 0 bridgehead atoms. The second-order valence-electron chi connectivity index (χ2n) is 8.80. The molecule has 0 aliphatic carbocycles. The number of carbonyl (C=O) groups is 1. The minimum Gasteiger partial charge on any atom is -0.369 e. The Balaban J connectivity index is 1.53. The highest BCUT2D eigenvalue weighted by Gasteiger charge is 2.23. The van der Waals surface area contributed by atoms with Crippen LogP contribution in [0.4, 0.5) is 10.1 Å². The molecule has 1 atom stereocenters. The van der Waals surface area contributed by atoms with Crippen molar-refractivity contribution in [2.45, 2.75) is 26.8 Å². The Bertz CT molecular complexity index is 1230. The fourth-order valence-corrected chi connectivity index (χ4v) is 4.45. The standard InChI is InChI=1S/C27H31FN4O2/c1-4-31-12-14-32(15-13-31)25-11-8-21(28)17-23(25)19(3)29-26(33)22-9-10-24(30-27(22)34)20-7-5-6-18(2)16-20/h5-11,16-17,19H,4,12-15H2,1-3H3,(H,29,33)(H,30,34). The van der Waals surface area contributed by atoms with Gasteiger partial charge < -0.3 is 20.1 Å². The highest BCUT2D eigenvalue weighted by Crippen LogP contribution is 2.28. The second kappa shape index (κ2) is 10.2. The van der Waals surface area contributed by atoms with E-state index in [2.05, 4.69) is 27.0 Å². The van der Waals surface area contributed by atoms with E-state index in [9.17, 15) is 14.0 Å². The normalized spacial score (nSPS) is 15.2. The molecule has 1 saturated heterocycles. The number of H-pyrrole nitrogens is 1. The summed E-state index contributed by atoms with van der Waals surface area (Å²) in [6.45, 7) is 10.5. The number of nitrogens with zero attached hydrogens (tertiary/aromatic N) is 2. The number of aromatic nitrogens is 1. The van der Waals surface area contributed by atoms with E-state index in [0.29, 0.717) is 11.3 Å². The lowest BCUT2D eigenvalue weighted by Crippen LogP contribution is -2.46. The van der Waals surface area contributed by atoms with E-state index >= 15 is 0 Å². The Labute approximate surface area is 199 Å². The lowest BCUT2D eigenvalue weighted by atomic mass is 10.0. The number of aromatic amines is 1. The zero-order valence-electron chi connectivity index (χ0n) is 19.9. The molecule has 2 aromatic carbocycles. The van der Waals surface area contributed by atoms with Crippen LogP contribution in [0.15, 0.2) is 59.4 Å². The summed E-state index contributed by atoms with van der Waals surface area (Å²) in [5.74, 6) is -0.844. The van der Waals surface area contributed by atoms with E-state index in [1.165, 1.54) is 18.2 Å². The Kier molecular flexibility index (Phi) is 7.12. The summed E-state index contributed by atoms with van der Waals surface area (Å²) >= 11 is 0. The first-order valence-electron chi connectivity index (χ1n) is 11.7. The first kappa shape index (κ1) is 23.7. The molecule has 6 nitrogen and oxygen atoms in total. The molecule has 1 aliphatic rings. The number of nitrogens with one attached hydrogen (secondary N) is 2. The topological polar surface area (TPSA) is 68.4 Å². The van der Waals surface area contributed by atoms with Crippen molar-refractivity contribution in [3.63, 3.8) is 0 Å². The highest BCUT2D eigenvalue weighted by atomic mass is 19.1. The largest absolute Gasteiger partial charge is 0.369 e. The number of piperazine rings is 1. The van der Waals surface area contributed by atoms with Gasteiger partial charge in [0.1, 0.15) is 11.4 Å². The number of benzene rings is 2. The van der Waals surface area contributed by atoms with Crippen LogP contribution in [0.2, 0.25) is 0 Å². The van der Waals surface area contributed by atoms with Crippen LogP contribution in [0.3, 0.4) is 0 Å². The predicted octanol–water partition coefficient (Wildman–Crippen LogP) is 4.12. The van der Waals surface area contributed by atoms with Gasteiger partial charge >= 0.3 is 0 Å². The summed E-state index contributed by atoms with van der Waals surface area (Å²) in [6, 6.07) is 15.3. The molecule has 0 radical (unpaired) electrons. The number of likely N-dealkylation sites (N-methyl/N-ethyl adjacent to an activating group) is 1. The van der Waals surface area contributed by atoms with Gasteiger partial charge in [-0.1, -0.05) is 30.7 Å². The summed E-state index contributed by atoms with van der Waals surface area (Å²) in [5.41, 5.74) is 3.79. The van der Waals surface area contributed by atoms with Crippen LogP contribution in [0.1, 0.15) is 41.4 Å². The molecule has 2 heterocycles. The first-order valence-corrected chi connectivity index (χ1v) is 11.7. The SMILES string of the molecule is CCN1CCN(c2ccc(F)cc2C(C)NC(=O)c2ccc(-c3cccc(C)c3)[nH]c2=O)CC1. The Hall–Kier alpha value is -3.45. The number of hydrogen-bond donors (Lipinski definition) is 2. The van der Waals surface area contributed by atoms with Crippen LogP contribution >= 0.6 is 0 Å². The Morgan fingerprint density at radius 2 is 1.85 bits per heavy atom. The van der Waals surface area contributed by atoms with Crippen LogP contribution < -0.4 is 15.8 Å². The van der Waals surface area contributed by atoms with Crippen LogP contribution in [0, 0.1) is 12.7 Å². The lowest BCUT2D eigenvalue weighted by Gasteiger charge is -2.37. The third-order valence-electron chi connectivity index (χ3n) is 6.45. The lowest BCUT2D eigenvalue weighted by molar-refractivity contribution is 0.0938. The molecule has 0 spiro atoms. The van der Waals surface area contributed by atoms with Gasteiger partial charge in [0.15, 0.2) is 0 Å². The maximum absolute atomic E-state index is 14.2. The fraction of sp³-hybridized carbons (Fsp3) is 0.333. The van der Waals surface area contributed by atoms with E-state index in [0.717, 1.165) is 49.5 Å². The molecule has 1 unspecified atom stereocenters. The summed E-state index contributed by atoms with van der Waals surface area (Å²) in [4.78, 5) is 33.1. The van der Waals surface area contributed by atoms with E-state index < -0.39 is 17.5 Å². The van der Waals surface area contributed by atoms with Gasteiger partial charge in [-0.05, 0) is 62.4 Å². The zero-order chi connectivity index (χ0) is 24.2. The average molecular weight is 463 g/mol. The molecular formula is C27H31FN4O2. The fourth-order valence-electron chi connectivity index (χ4n) is 4.45. The Morgan fingerprint density at radius 3 is 2.53 bits per heavy atom. The molecule has 3 aromatic rings. The summed E-state index contributed by atoms with van der Waals surface area (Å²) in [5, 5.41) is 2.89. The number of pyridine rings is 1. The molecule has 1 amide bonds. The number of rotatable bonds is 6. The summed E-state index contributed by atoms with van der Waals surface area (Å²) < 4.78 is 14.2. The van der Waals surface area contributed by atoms with Gasteiger partial charge in [0.05, 0.1) is 6.04 Å². The van der Waals surface area contributed by atoms with Crippen LogP contribution in [0.25, 0.3) is 11.3 Å². The molecule has 34 heavy (non-hydrogen) atoms. The molecule has 4 rings (SSSR count). The van der Waals surface area contributed by atoms with Gasteiger partial charge in [-0.15, -0.1) is 0 Å².